The third kappa shape index (κ3) is 3.60. The Kier molecular flexibility index (Phi) is 5.25. The molecule has 0 fully saturated rings. The first kappa shape index (κ1) is 21.3. The minimum Gasteiger partial charge on any atom is -0.496 e. The van der Waals surface area contributed by atoms with Crippen LogP contribution in [-0.2, 0) is 16.1 Å². The standard InChI is InChI=1S/C25H26N2O6/c1-4-31-24(28)19-12-15(7-10-27-11-9-26-14-27)20-17(32-19)13-18-21(22(20)30-3)16-6-5-8-25(2,29)23(16)33-18/h5-7,9,11-14,16,23,29H,4,8,10H2,1-3H3. The predicted molar refractivity (Wildman–Crippen MR) is 120 cm³/mol. The lowest BCUT2D eigenvalue weighted by Gasteiger charge is -2.34. The summed E-state index contributed by atoms with van der Waals surface area (Å²) >= 11 is 0. The number of aromatic nitrogens is 2. The van der Waals surface area contributed by atoms with E-state index in [4.69, 9.17) is 18.9 Å². The molecule has 0 amide bonds. The maximum absolute atomic E-state index is 12.5. The number of ether oxygens (including phenoxy) is 4. The molecule has 3 unspecified atom stereocenters. The van der Waals surface area contributed by atoms with Crippen molar-refractivity contribution < 1.29 is 28.8 Å². The summed E-state index contributed by atoms with van der Waals surface area (Å²) in [7, 11) is 1.60. The van der Waals surface area contributed by atoms with Gasteiger partial charge in [0, 0.05) is 36.5 Å². The average molecular weight is 450 g/mol. The second-order valence-corrected chi connectivity index (χ2v) is 8.50. The summed E-state index contributed by atoms with van der Waals surface area (Å²) in [5.74, 6) is 1.01. The zero-order chi connectivity index (χ0) is 23.2. The molecule has 33 heavy (non-hydrogen) atoms. The summed E-state index contributed by atoms with van der Waals surface area (Å²) < 4.78 is 25.2. The Balaban J connectivity index is 1.65. The first-order chi connectivity index (χ1) is 15.9. The zero-order valence-corrected chi connectivity index (χ0v) is 18.8. The van der Waals surface area contributed by atoms with Crippen molar-refractivity contribution in [1.29, 1.82) is 0 Å². The molecule has 5 rings (SSSR count). The van der Waals surface area contributed by atoms with Crippen LogP contribution >= 0.6 is 0 Å². The molecule has 0 saturated carbocycles. The number of methoxy groups -OCH3 is 1. The normalized spacial score (nSPS) is 25.9. The average Bonchev–Trinajstić information content (AvgIpc) is 3.44. The van der Waals surface area contributed by atoms with E-state index in [1.54, 1.807) is 45.6 Å². The van der Waals surface area contributed by atoms with E-state index in [0.717, 1.165) is 16.7 Å². The number of benzene rings is 1. The lowest BCUT2D eigenvalue weighted by atomic mass is 9.78. The maximum Gasteiger partial charge on any atom is 0.374 e. The molecule has 0 radical (unpaired) electrons. The summed E-state index contributed by atoms with van der Waals surface area (Å²) in [6.45, 7) is 4.30. The van der Waals surface area contributed by atoms with Crippen LogP contribution in [0.4, 0.5) is 0 Å². The fraction of sp³-hybridized carbons (Fsp3) is 0.360. The number of aliphatic hydroxyl groups is 1. The zero-order valence-electron chi connectivity index (χ0n) is 18.8. The Labute approximate surface area is 191 Å². The van der Waals surface area contributed by atoms with Gasteiger partial charge in [-0.2, -0.15) is 0 Å². The van der Waals surface area contributed by atoms with Crippen LogP contribution in [0, 0.1) is 0 Å². The number of carbonyl (C=O) groups excluding carboxylic acids is 1. The van der Waals surface area contributed by atoms with Gasteiger partial charge in [-0.1, -0.05) is 18.2 Å². The van der Waals surface area contributed by atoms with Gasteiger partial charge in [0.2, 0.25) is 5.76 Å². The van der Waals surface area contributed by atoms with E-state index < -0.39 is 17.7 Å². The molecule has 172 valence electrons. The molecule has 1 aliphatic carbocycles. The van der Waals surface area contributed by atoms with Gasteiger partial charge in [0.05, 0.1) is 25.6 Å². The molecular weight excluding hydrogens is 424 g/mol. The van der Waals surface area contributed by atoms with Crippen molar-refractivity contribution >= 4 is 11.5 Å². The number of imidazole rings is 1. The first-order valence-corrected chi connectivity index (χ1v) is 11.0. The number of hydrogen-bond acceptors (Lipinski definition) is 7. The second-order valence-electron chi connectivity index (χ2n) is 8.50. The van der Waals surface area contributed by atoms with Crippen molar-refractivity contribution in [2.45, 2.75) is 44.4 Å². The van der Waals surface area contributed by atoms with Gasteiger partial charge in [0.15, 0.2) is 0 Å². The molecule has 3 aliphatic rings. The van der Waals surface area contributed by atoms with Gasteiger partial charge in [-0.3, -0.25) is 0 Å². The fourth-order valence-electron chi connectivity index (χ4n) is 4.67. The van der Waals surface area contributed by atoms with Crippen LogP contribution in [0.3, 0.4) is 0 Å². The summed E-state index contributed by atoms with van der Waals surface area (Å²) in [6.07, 6.45) is 13.1. The third-order valence-corrected chi connectivity index (χ3v) is 6.20. The highest BCUT2D eigenvalue weighted by Gasteiger charge is 2.49. The molecule has 2 aliphatic heterocycles. The van der Waals surface area contributed by atoms with E-state index in [2.05, 4.69) is 11.1 Å². The van der Waals surface area contributed by atoms with Crippen LogP contribution in [0.5, 0.6) is 17.2 Å². The van der Waals surface area contributed by atoms with Gasteiger partial charge in [0.1, 0.15) is 29.0 Å². The second kappa shape index (κ2) is 8.12. The van der Waals surface area contributed by atoms with E-state index in [0.29, 0.717) is 30.2 Å². The largest absolute Gasteiger partial charge is 0.496 e. The summed E-state index contributed by atoms with van der Waals surface area (Å²) in [4.78, 5) is 16.6. The Morgan fingerprint density at radius 2 is 2.27 bits per heavy atom. The van der Waals surface area contributed by atoms with Crippen LogP contribution in [-0.4, -0.2) is 46.0 Å². The van der Waals surface area contributed by atoms with Crippen LogP contribution in [0.1, 0.15) is 37.3 Å². The SMILES string of the molecule is CCOC(=O)C1=CC(=CCn2ccnc2)c2c(cc3c(c2OC)C2C=CCC(C)(O)C2O3)O1. The molecule has 1 aromatic carbocycles. The Hall–Kier alpha value is -3.52. The lowest BCUT2D eigenvalue weighted by molar-refractivity contribution is -0.141. The van der Waals surface area contributed by atoms with Crippen molar-refractivity contribution in [2.75, 3.05) is 13.7 Å². The van der Waals surface area contributed by atoms with Crippen LogP contribution < -0.4 is 14.2 Å². The smallest absolute Gasteiger partial charge is 0.374 e. The monoisotopic (exact) mass is 450 g/mol. The van der Waals surface area contributed by atoms with Gasteiger partial charge in [0.25, 0.3) is 0 Å². The molecule has 0 saturated heterocycles. The maximum atomic E-state index is 12.5. The number of carbonyl (C=O) groups is 1. The summed E-state index contributed by atoms with van der Waals surface area (Å²) in [5, 5.41) is 10.9. The van der Waals surface area contributed by atoms with Gasteiger partial charge in [-0.25, -0.2) is 9.78 Å². The topological polar surface area (TPSA) is 92.0 Å². The Bertz CT molecular complexity index is 1180. The molecular formula is C25H26N2O6. The van der Waals surface area contributed by atoms with E-state index >= 15 is 0 Å². The number of allylic oxidation sites excluding steroid dienone is 3. The molecule has 3 heterocycles. The Morgan fingerprint density at radius 1 is 1.42 bits per heavy atom. The van der Waals surface area contributed by atoms with Gasteiger partial charge in [-0.15, -0.1) is 0 Å². The van der Waals surface area contributed by atoms with Crippen molar-refractivity contribution in [1.82, 2.24) is 9.55 Å². The minimum absolute atomic E-state index is 0.0885. The fourth-order valence-corrected chi connectivity index (χ4v) is 4.67. The van der Waals surface area contributed by atoms with Gasteiger partial charge in [-0.05, 0) is 31.9 Å². The highest BCUT2D eigenvalue weighted by atomic mass is 16.6. The van der Waals surface area contributed by atoms with E-state index in [9.17, 15) is 9.90 Å². The van der Waals surface area contributed by atoms with Gasteiger partial charge >= 0.3 is 5.97 Å². The number of rotatable bonds is 5. The Morgan fingerprint density at radius 3 is 3.00 bits per heavy atom. The predicted octanol–water partition coefficient (Wildman–Crippen LogP) is 3.37. The van der Waals surface area contributed by atoms with Crippen LogP contribution in [0.25, 0.3) is 5.57 Å². The lowest BCUT2D eigenvalue weighted by Crippen LogP contribution is -2.45. The molecule has 1 N–H and O–H groups in total. The van der Waals surface area contributed by atoms with E-state index in [-0.39, 0.29) is 18.3 Å². The van der Waals surface area contributed by atoms with Crippen molar-refractivity contribution in [3.63, 3.8) is 0 Å². The summed E-state index contributed by atoms with van der Waals surface area (Å²) in [6, 6.07) is 1.77. The highest BCUT2D eigenvalue weighted by molar-refractivity contribution is 5.96. The van der Waals surface area contributed by atoms with Crippen molar-refractivity contribution in [2.24, 2.45) is 0 Å². The van der Waals surface area contributed by atoms with Gasteiger partial charge < -0.3 is 28.6 Å². The first-order valence-electron chi connectivity index (χ1n) is 11.0. The molecule has 0 spiro atoms. The third-order valence-electron chi connectivity index (χ3n) is 6.20. The van der Waals surface area contributed by atoms with Crippen molar-refractivity contribution in [3.8, 4) is 17.2 Å². The van der Waals surface area contributed by atoms with E-state index in [1.165, 1.54) is 0 Å². The molecule has 1 aromatic heterocycles. The molecule has 2 aromatic rings. The number of fused-ring (bicyclic) bond motifs is 4. The van der Waals surface area contributed by atoms with Crippen LogP contribution in [0.2, 0.25) is 0 Å². The molecule has 8 heteroatoms. The number of esters is 1. The number of hydrogen-bond donors (Lipinski definition) is 1. The summed E-state index contributed by atoms with van der Waals surface area (Å²) in [5.41, 5.74) is 1.34. The van der Waals surface area contributed by atoms with E-state index in [1.807, 2.05) is 22.9 Å². The molecule has 3 atom stereocenters. The minimum atomic E-state index is -1.01. The van der Waals surface area contributed by atoms with Crippen LogP contribution in [0.15, 0.2) is 54.9 Å². The molecule has 0 bridgehead atoms. The quantitative estimate of drug-likeness (QED) is 0.552. The number of nitrogens with zero attached hydrogens (tertiary/aromatic N) is 2. The van der Waals surface area contributed by atoms with Crippen molar-refractivity contribution in [3.05, 3.63) is 66.0 Å². The molecule has 8 nitrogen and oxygen atoms in total. The highest BCUT2D eigenvalue weighted by Crippen LogP contribution is 2.55.